The maximum atomic E-state index is 11.5. The first-order chi connectivity index (χ1) is 13.2. The van der Waals surface area contributed by atoms with Gasteiger partial charge in [-0.2, -0.15) is 0 Å². The Labute approximate surface area is 170 Å². The van der Waals surface area contributed by atoms with Crippen LogP contribution in [0.4, 0.5) is 5.69 Å². The monoisotopic (exact) mass is 399 g/mol. The highest BCUT2D eigenvalue weighted by Crippen LogP contribution is 2.22. The summed E-state index contributed by atoms with van der Waals surface area (Å²) < 4.78 is 4.97. The van der Waals surface area contributed by atoms with E-state index in [-0.39, 0.29) is 5.97 Å². The summed E-state index contributed by atoms with van der Waals surface area (Å²) in [7, 11) is 0. The molecule has 0 unspecified atom stereocenters. The van der Waals surface area contributed by atoms with Gasteiger partial charge in [-0.05, 0) is 56.0 Å². The number of esters is 1. The third-order valence-electron chi connectivity index (χ3n) is 3.51. The van der Waals surface area contributed by atoms with Gasteiger partial charge in [-0.3, -0.25) is 4.79 Å². The maximum absolute atomic E-state index is 11.5. The lowest BCUT2D eigenvalue weighted by Gasteiger charge is -2.04. The third-order valence-corrected chi connectivity index (χ3v) is 5.34. The summed E-state index contributed by atoms with van der Waals surface area (Å²) in [6.07, 6.45) is 3.25. The van der Waals surface area contributed by atoms with Gasteiger partial charge in [0.2, 0.25) is 0 Å². The molecule has 0 radical (unpaired) electrons. The maximum Gasteiger partial charge on any atom is 0.305 e. The molecule has 0 saturated heterocycles. The average molecular weight is 400 g/mol. The molecule has 0 spiro atoms. The fraction of sp³-hybridized carbons (Fsp3) is 0.273. The highest BCUT2D eigenvalue weighted by molar-refractivity contribution is 8.14. The van der Waals surface area contributed by atoms with Gasteiger partial charge in [0, 0.05) is 17.1 Å². The second-order valence-corrected chi connectivity index (χ2v) is 7.87. The van der Waals surface area contributed by atoms with Gasteiger partial charge in [0.25, 0.3) is 0 Å². The lowest BCUT2D eigenvalue weighted by Crippen LogP contribution is -2.04. The molecule has 2 rings (SSSR count). The molecule has 0 fully saturated rings. The minimum atomic E-state index is -0.134. The topological polar surface area (TPSA) is 38.7 Å². The molecule has 2 aromatic carbocycles. The second-order valence-electron chi connectivity index (χ2n) is 5.78. The average Bonchev–Trinajstić information content (AvgIpc) is 2.68. The fourth-order valence-corrected chi connectivity index (χ4v) is 3.75. The van der Waals surface area contributed by atoms with Gasteiger partial charge in [-0.25, -0.2) is 4.99 Å². The Morgan fingerprint density at radius 2 is 1.85 bits per heavy atom. The van der Waals surface area contributed by atoms with Gasteiger partial charge in [-0.15, -0.1) is 11.8 Å². The zero-order valence-corrected chi connectivity index (χ0v) is 17.4. The van der Waals surface area contributed by atoms with E-state index in [2.05, 4.69) is 36.6 Å². The van der Waals surface area contributed by atoms with Crippen molar-refractivity contribution in [1.82, 2.24) is 0 Å². The Balaban J connectivity index is 1.97. The van der Waals surface area contributed by atoms with Gasteiger partial charge < -0.3 is 4.74 Å². The van der Waals surface area contributed by atoms with Crippen LogP contribution in [-0.4, -0.2) is 23.4 Å². The van der Waals surface area contributed by atoms with Crippen molar-refractivity contribution in [1.29, 1.82) is 0 Å². The Kier molecular flexibility index (Phi) is 9.80. The van der Waals surface area contributed by atoms with Crippen molar-refractivity contribution in [2.75, 3.05) is 12.4 Å². The smallest absolute Gasteiger partial charge is 0.305 e. The first-order valence-corrected chi connectivity index (χ1v) is 10.9. The van der Waals surface area contributed by atoms with E-state index in [0.717, 1.165) is 22.9 Å². The van der Waals surface area contributed by atoms with E-state index in [9.17, 15) is 4.79 Å². The summed E-state index contributed by atoms with van der Waals surface area (Å²) in [5.41, 5.74) is 2.15. The van der Waals surface area contributed by atoms with Crippen LogP contribution < -0.4 is 0 Å². The van der Waals surface area contributed by atoms with Crippen molar-refractivity contribution in [2.24, 2.45) is 4.99 Å². The van der Waals surface area contributed by atoms with Crippen LogP contribution in [0.2, 0.25) is 0 Å². The van der Waals surface area contributed by atoms with E-state index in [1.807, 2.05) is 43.3 Å². The Bertz CT molecular complexity index is 756. The van der Waals surface area contributed by atoms with Crippen molar-refractivity contribution in [3.05, 3.63) is 71.6 Å². The van der Waals surface area contributed by atoms with Crippen LogP contribution in [0.25, 0.3) is 0 Å². The molecular weight excluding hydrogens is 374 g/mol. The first kappa shape index (κ1) is 21.3. The Hall–Kier alpha value is -1.98. The minimum absolute atomic E-state index is 0.134. The summed E-state index contributed by atoms with van der Waals surface area (Å²) in [6.45, 7) is 4.33. The highest BCUT2D eigenvalue weighted by Gasteiger charge is 2.03. The predicted octanol–water partition coefficient (Wildman–Crippen LogP) is 6.41. The molecule has 2 aromatic rings. The van der Waals surface area contributed by atoms with E-state index in [1.54, 1.807) is 23.5 Å². The number of ether oxygens (including phenoxy) is 1. The lowest BCUT2D eigenvalue weighted by atomic mass is 10.2. The van der Waals surface area contributed by atoms with E-state index < -0.39 is 0 Å². The third kappa shape index (κ3) is 8.98. The van der Waals surface area contributed by atoms with E-state index in [1.165, 1.54) is 10.5 Å². The standard InChI is InChI=1S/C22H25NO2S2/c1-3-25-22(24)10-7-16-27-21(23-19-13-11-18(2)12-14-19)15-17-26-20-8-5-4-6-9-20/h4-6,8-9,11-15,17H,3,7,10,16H2,1-2H3. The van der Waals surface area contributed by atoms with Gasteiger partial charge >= 0.3 is 5.97 Å². The zero-order chi connectivity index (χ0) is 19.3. The number of nitrogens with zero attached hydrogens (tertiary/aromatic N) is 1. The number of carbonyl (C=O) groups excluding carboxylic acids is 1. The second kappa shape index (κ2) is 12.4. The van der Waals surface area contributed by atoms with Crippen LogP contribution in [-0.2, 0) is 9.53 Å². The molecule has 0 amide bonds. The van der Waals surface area contributed by atoms with E-state index >= 15 is 0 Å². The number of hydrogen-bond donors (Lipinski definition) is 0. The summed E-state index contributed by atoms with van der Waals surface area (Å²) in [5, 5.41) is 2.99. The molecule has 0 aliphatic heterocycles. The van der Waals surface area contributed by atoms with Crippen LogP contribution >= 0.6 is 23.5 Å². The van der Waals surface area contributed by atoms with Gasteiger partial charge in [-0.1, -0.05) is 47.7 Å². The normalized spacial score (nSPS) is 11.7. The van der Waals surface area contributed by atoms with Crippen LogP contribution in [0.3, 0.4) is 0 Å². The molecule has 0 aromatic heterocycles. The SMILES string of the molecule is CCOC(=O)CCCSC(C=CSc1ccccc1)=Nc1ccc(C)cc1. The lowest BCUT2D eigenvalue weighted by molar-refractivity contribution is -0.143. The van der Waals surface area contributed by atoms with Crippen LogP contribution in [0, 0.1) is 6.92 Å². The molecule has 0 aliphatic rings. The number of benzene rings is 2. The molecule has 0 saturated carbocycles. The largest absolute Gasteiger partial charge is 0.466 e. The molecular formula is C22H25NO2S2. The van der Waals surface area contributed by atoms with Crippen molar-refractivity contribution >= 4 is 40.2 Å². The number of thioether (sulfide) groups is 2. The molecule has 0 aliphatic carbocycles. The molecule has 0 heterocycles. The van der Waals surface area contributed by atoms with E-state index in [4.69, 9.17) is 9.73 Å². The minimum Gasteiger partial charge on any atom is -0.466 e. The van der Waals surface area contributed by atoms with Crippen LogP contribution in [0.5, 0.6) is 0 Å². The summed E-state index contributed by atoms with van der Waals surface area (Å²) in [4.78, 5) is 17.4. The van der Waals surface area contributed by atoms with Crippen molar-refractivity contribution in [3.8, 4) is 0 Å². The summed E-state index contributed by atoms with van der Waals surface area (Å²) in [6, 6.07) is 18.4. The van der Waals surface area contributed by atoms with Crippen molar-refractivity contribution < 1.29 is 9.53 Å². The summed E-state index contributed by atoms with van der Waals surface area (Å²) >= 11 is 3.32. The zero-order valence-electron chi connectivity index (χ0n) is 15.8. The first-order valence-electron chi connectivity index (χ1n) is 8.99. The van der Waals surface area contributed by atoms with Gasteiger partial charge in [0.1, 0.15) is 0 Å². The molecule has 5 heteroatoms. The molecule has 0 atom stereocenters. The van der Waals surface area contributed by atoms with Crippen LogP contribution in [0.15, 0.2) is 76.0 Å². The molecule has 27 heavy (non-hydrogen) atoms. The number of carbonyl (C=O) groups is 1. The van der Waals surface area contributed by atoms with Gasteiger partial charge in [0.15, 0.2) is 0 Å². The quantitative estimate of drug-likeness (QED) is 0.161. The number of rotatable bonds is 9. The van der Waals surface area contributed by atoms with E-state index in [0.29, 0.717) is 13.0 Å². The molecule has 0 N–H and O–H groups in total. The van der Waals surface area contributed by atoms with Gasteiger partial charge in [0.05, 0.1) is 17.3 Å². The number of aryl methyl sites for hydroxylation is 1. The van der Waals surface area contributed by atoms with Crippen molar-refractivity contribution in [3.63, 3.8) is 0 Å². The number of aliphatic imine (C=N–C) groups is 1. The Morgan fingerprint density at radius 3 is 2.56 bits per heavy atom. The highest BCUT2D eigenvalue weighted by atomic mass is 32.2. The molecule has 142 valence electrons. The number of hydrogen-bond acceptors (Lipinski definition) is 5. The molecule has 3 nitrogen and oxygen atoms in total. The predicted molar refractivity (Wildman–Crippen MR) is 118 cm³/mol. The molecule has 0 bridgehead atoms. The van der Waals surface area contributed by atoms with Crippen LogP contribution in [0.1, 0.15) is 25.3 Å². The fourth-order valence-electron chi connectivity index (χ4n) is 2.16. The Morgan fingerprint density at radius 1 is 1.11 bits per heavy atom. The van der Waals surface area contributed by atoms with Crippen molar-refractivity contribution in [2.45, 2.75) is 31.6 Å². The summed E-state index contributed by atoms with van der Waals surface area (Å²) in [5.74, 6) is 0.689.